The molecular weight excluding hydrogens is 349 g/mol. The van der Waals surface area contributed by atoms with Gasteiger partial charge in [-0.2, -0.15) is 0 Å². The van der Waals surface area contributed by atoms with Gasteiger partial charge < -0.3 is 5.11 Å². The molecule has 0 atom stereocenters. The molecule has 0 heterocycles. The number of benzene rings is 2. The topological polar surface area (TPSA) is 66.4 Å². The lowest BCUT2D eigenvalue weighted by molar-refractivity contribution is 0.281. The fraction of sp³-hybridized carbons (Fsp3) is 0.0769. The molecule has 0 saturated heterocycles. The molecule has 0 unspecified atom stereocenters. The molecule has 0 radical (unpaired) electrons. The highest BCUT2D eigenvalue weighted by Gasteiger charge is 2.18. The summed E-state index contributed by atoms with van der Waals surface area (Å²) in [7, 11) is -3.82. The quantitative estimate of drug-likeness (QED) is 0.881. The Morgan fingerprint density at radius 3 is 2.40 bits per heavy atom. The van der Waals surface area contributed by atoms with E-state index in [4.69, 9.17) is 5.11 Å². The van der Waals surface area contributed by atoms with E-state index >= 15 is 0 Å². The van der Waals surface area contributed by atoms with E-state index in [2.05, 4.69) is 20.7 Å². The van der Waals surface area contributed by atoms with Crippen molar-refractivity contribution < 1.29 is 17.9 Å². The van der Waals surface area contributed by atoms with Gasteiger partial charge in [-0.3, -0.25) is 4.72 Å². The molecule has 2 aromatic rings. The van der Waals surface area contributed by atoms with Gasteiger partial charge in [0, 0.05) is 10.2 Å². The van der Waals surface area contributed by atoms with Gasteiger partial charge in [-0.25, -0.2) is 12.8 Å². The van der Waals surface area contributed by atoms with Crippen molar-refractivity contribution in [2.24, 2.45) is 0 Å². The molecule has 2 rings (SSSR count). The molecule has 20 heavy (non-hydrogen) atoms. The molecule has 4 nitrogen and oxygen atoms in total. The van der Waals surface area contributed by atoms with Gasteiger partial charge in [0.05, 0.1) is 6.61 Å². The van der Waals surface area contributed by atoms with Crippen LogP contribution in [0.15, 0.2) is 51.8 Å². The molecule has 106 valence electrons. The lowest BCUT2D eigenvalue weighted by Gasteiger charge is -2.10. The largest absolute Gasteiger partial charge is 0.392 e. The summed E-state index contributed by atoms with van der Waals surface area (Å²) in [5.74, 6) is -0.448. The highest BCUT2D eigenvalue weighted by molar-refractivity contribution is 9.10. The predicted octanol–water partition coefficient (Wildman–Crippen LogP) is 2.88. The van der Waals surface area contributed by atoms with E-state index < -0.39 is 15.8 Å². The van der Waals surface area contributed by atoms with Crippen LogP contribution in [-0.2, 0) is 16.6 Å². The number of sulfonamides is 1. The maximum Gasteiger partial charge on any atom is 0.263 e. The first-order valence-corrected chi connectivity index (χ1v) is 7.87. The third kappa shape index (κ3) is 3.36. The Bertz CT molecular complexity index is 717. The van der Waals surface area contributed by atoms with Crippen molar-refractivity contribution in [1.29, 1.82) is 0 Å². The second-order valence-corrected chi connectivity index (χ2v) is 6.54. The van der Waals surface area contributed by atoms with E-state index in [1.54, 1.807) is 12.1 Å². The number of hydrogen-bond donors (Lipinski definition) is 2. The van der Waals surface area contributed by atoms with Gasteiger partial charge in [0.1, 0.15) is 10.7 Å². The van der Waals surface area contributed by atoms with E-state index in [9.17, 15) is 12.8 Å². The molecule has 7 heteroatoms. The van der Waals surface area contributed by atoms with Crippen LogP contribution in [0.4, 0.5) is 10.1 Å². The van der Waals surface area contributed by atoms with E-state index in [-0.39, 0.29) is 17.2 Å². The summed E-state index contributed by atoms with van der Waals surface area (Å²) in [6.07, 6.45) is 0. The third-order valence-electron chi connectivity index (χ3n) is 2.56. The molecule has 0 fully saturated rings. The summed E-state index contributed by atoms with van der Waals surface area (Å²) in [6, 6.07) is 9.52. The van der Waals surface area contributed by atoms with Crippen molar-refractivity contribution in [3.63, 3.8) is 0 Å². The smallest absolute Gasteiger partial charge is 0.263 e. The first-order valence-electron chi connectivity index (χ1n) is 5.60. The van der Waals surface area contributed by atoms with Gasteiger partial charge in [0.15, 0.2) is 0 Å². The van der Waals surface area contributed by atoms with Gasteiger partial charge in [-0.15, -0.1) is 0 Å². The van der Waals surface area contributed by atoms with E-state index in [0.717, 1.165) is 12.1 Å². The Balaban J connectivity index is 2.37. The minimum absolute atomic E-state index is 0.00775. The third-order valence-corrected chi connectivity index (χ3v) is 4.94. The Morgan fingerprint density at radius 1 is 1.15 bits per heavy atom. The SMILES string of the molecule is O=S(=O)(Nc1ccc(F)cc1)c1cc(CO)ccc1Br. The Morgan fingerprint density at radius 2 is 1.80 bits per heavy atom. The van der Waals surface area contributed by atoms with Gasteiger partial charge >= 0.3 is 0 Å². The highest BCUT2D eigenvalue weighted by Crippen LogP contribution is 2.25. The summed E-state index contributed by atoms with van der Waals surface area (Å²) >= 11 is 3.16. The summed E-state index contributed by atoms with van der Waals surface area (Å²) in [5.41, 5.74) is 0.736. The van der Waals surface area contributed by atoms with Crippen LogP contribution in [0.3, 0.4) is 0 Å². The van der Waals surface area contributed by atoms with Crippen LogP contribution in [0.1, 0.15) is 5.56 Å². The predicted molar refractivity (Wildman–Crippen MR) is 77.3 cm³/mol. The molecule has 0 saturated carbocycles. The number of hydrogen-bond acceptors (Lipinski definition) is 3. The van der Waals surface area contributed by atoms with Gasteiger partial charge in [0.2, 0.25) is 0 Å². The van der Waals surface area contributed by atoms with Crippen molar-refractivity contribution in [3.8, 4) is 0 Å². The zero-order valence-corrected chi connectivity index (χ0v) is 12.6. The van der Waals surface area contributed by atoms with Gasteiger partial charge in [0.25, 0.3) is 10.0 Å². The van der Waals surface area contributed by atoms with E-state index in [1.165, 1.54) is 18.2 Å². The average molecular weight is 360 g/mol. The standard InChI is InChI=1S/C13H11BrFNO3S/c14-12-6-1-9(8-17)7-13(12)20(18,19)16-11-4-2-10(15)3-5-11/h1-7,16-17H,8H2. The second-order valence-electron chi connectivity index (χ2n) is 4.04. The number of aliphatic hydroxyl groups excluding tert-OH is 1. The van der Waals surface area contributed by atoms with Gasteiger partial charge in [-0.1, -0.05) is 6.07 Å². The van der Waals surface area contributed by atoms with Crippen LogP contribution in [0, 0.1) is 5.82 Å². The van der Waals surface area contributed by atoms with Crippen LogP contribution in [0.5, 0.6) is 0 Å². The van der Waals surface area contributed by atoms with Crippen molar-refractivity contribution in [2.75, 3.05) is 4.72 Å². The average Bonchev–Trinajstić information content (AvgIpc) is 2.41. The minimum Gasteiger partial charge on any atom is -0.392 e. The van der Waals surface area contributed by atoms with Crippen LogP contribution in [0.25, 0.3) is 0 Å². The van der Waals surface area contributed by atoms with Crippen LogP contribution >= 0.6 is 15.9 Å². The number of nitrogens with one attached hydrogen (secondary N) is 1. The van der Waals surface area contributed by atoms with Crippen molar-refractivity contribution in [2.45, 2.75) is 11.5 Å². The summed E-state index contributed by atoms with van der Waals surface area (Å²) in [6.45, 7) is -0.258. The lowest BCUT2D eigenvalue weighted by atomic mass is 10.2. The van der Waals surface area contributed by atoms with E-state index in [1.807, 2.05) is 0 Å². The zero-order valence-electron chi connectivity index (χ0n) is 10.2. The van der Waals surface area contributed by atoms with Crippen LogP contribution < -0.4 is 4.72 Å². The molecule has 0 aliphatic heterocycles. The van der Waals surface area contributed by atoms with Gasteiger partial charge in [-0.05, 0) is 57.9 Å². The molecule has 0 bridgehead atoms. The zero-order chi connectivity index (χ0) is 14.8. The Hall–Kier alpha value is -1.44. The molecule has 2 N–H and O–H groups in total. The summed E-state index contributed by atoms with van der Waals surface area (Å²) < 4.78 is 40.0. The Kier molecular flexibility index (Phi) is 4.42. The summed E-state index contributed by atoms with van der Waals surface area (Å²) in [5, 5.41) is 9.07. The second kappa shape index (κ2) is 5.90. The normalized spacial score (nSPS) is 11.3. The van der Waals surface area contributed by atoms with E-state index in [0.29, 0.717) is 10.0 Å². The van der Waals surface area contributed by atoms with Crippen molar-refractivity contribution in [3.05, 3.63) is 58.3 Å². The minimum atomic E-state index is -3.82. The molecule has 2 aromatic carbocycles. The monoisotopic (exact) mass is 359 g/mol. The lowest BCUT2D eigenvalue weighted by Crippen LogP contribution is -2.14. The number of halogens is 2. The maximum absolute atomic E-state index is 12.8. The molecule has 0 amide bonds. The van der Waals surface area contributed by atoms with Crippen LogP contribution in [0.2, 0.25) is 0 Å². The van der Waals surface area contributed by atoms with Crippen LogP contribution in [-0.4, -0.2) is 13.5 Å². The summed E-state index contributed by atoms with van der Waals surface area (Å²) in [4.78, 5) is 0.00775. The number of rotatable bonds is 4. The van der Waals surface area contributed by atoms with Crippen molar-refractivity contribution >= 4 is 31.6 Å². The first kappa shape index (κ1) is 15.0. The molecular formula is C13H11BrFNO3S. The maximum atomic E-state index is 12.8. The number of aliphatic hydroxyl groups is 1. The highest BCUT2D eigenvalue weighted by atomic mass is 79.9. The fourth-order valence-electron chi connectivity index (χ4n) is 1.58. The molecule has 0 aliphatic rings. The van der Waals surface area contributed by atoms with Crippen molar-refractivity contribution in [1.82, 2.24) is 0 Å². The molecule has 0 aromatic heterocycles. The fourth-order valence-corrected chi connectivity index (χ4v) is 3.65. The molecule has 0 spiro atoms. The first-order chi connectivity index (χ1) is 9.42. The molecule has 0 aliphatic carbocycles. The Labute approximate surface area is 124 Å². The number of anilines is 1.